The number of carbonyl (C=O) groups is 4. The number of furan rings is 1. The van der Waals surface area contributed by atoms with Gasteiger partial charge in [0.05, 0.1) is 18.7 Å². The summed E-state index contributed by atoms with van der Waals surface area (Å²) < 4.78 is 5.04. The van der Waals surface area contributed by atoms with E-state index in [2.05, 4.69) is 5.32 Å². The molecule has 1 spiro atoms. The van der Waals surface area contributed by atoms with Gasteiger partial charge in [0.25, 0.3) is 5.91 Å². The number of ketones is 1. The SMILES string of the molecule is O=C(NCC(=O)N1CCC2(CC1)CCN(C(=O)[C@H]1[C@H]3[C@H]4C[C@@H]1C(=O)[C@H]43)C2)c1ccco1. The van der Waals surface area contributed by atoms with Gasteiger partial charge in [-0.2, -0.15) is 0 Å². The highest BCUT2D eigenvalue weighted by Gasteiger charge is 2.75. The van der Waals surface area contributed by atoms with Crippen LogP contribution in [0.4, 0.5) is 0 Å². The third-order valence-electron chi connectivity index (χ3n) is 8.65. The van der Waals surface area contributed by atoms with Crippen molar-refractivity contribution < 1.29 is 23.6 Å². The van der Waals surface area contributed by atoms with E-state index in [9.17, 15) is 19.2 Å². The summed E-state index contributed by atoms with van der Waals surface area (Å²) in [4.78, 5) is 53.7. The second kappa shape index (κ2) is 6.68. The maximum absolute atomic E-state index is 13.2. The molecule has 1 aromatic rings. The quantitative estimate of drug-likeness (QED) is 0.774. The van der Waals surface area contributed by atoms with Crippen molar-refractivity contribution >= 4 is 23.5 Å². The third kappa shape index (κ3) is 2.87. The Morgan fingerprint density at radius 1 is 1.13 bits per heavy atom. The van der Waals surface area contributed by atoms with Gasteiger partial charge in [0.2, 0.25) is 11.8 Å². The van der Waals surface area contributed by atoms with E-state index in [-0.39, 0.29) is 47.3 Å². The average Bonchev–Trinajstić information content (AvgIpc) is 3.37. The Morgan fingerprint density at radius 2 is 1.87 bits per heavy atom. The molecule has 1 aromatic heterocycles. The Balaban J connectivity index is 1.00. The highest BCUT2D eigenvalue weighted by Crippen LogP contribution is 2.71. The topological polar surface area (TPSA) is 99.9 Å². The van der Waals surface area contributed by atoms with Gasteiger partial charge in [-0.3, -0.25) is 19.2 Å². The summed E-state index contributed by atoms with van der Waals surface area (Å²) in [6.45, 7) is 2.77. The van der Waals surface area contributed by atoms with Gasteiger partial charge in [-0.15, -0.1) is 0 Å². The van der Waals surface area contributed by atoms with Gasteiger partial charge in [-0.25, -0.2) is 0 Å². The van der Waals surface area contributed by atoms with Crippen LogP contribution in [-0.2, 0) is 14.4 Å². The molecule has 0 aromatic carbocycles. The van der Waals surface area contributed by atoms with Crippen LogP contribution in [0.3, 0.4) is 0 Å². The fourth-order valence-corrected chi connectivity index (χ4v) is 6.91. The lowest BCUT2D eigenvalue weighted by Crippen LogP contribution is -2.48. The van der Waals surface area contributed by atoms with E-state index in [0.29, 0.717) is 30.7 Å². The van der Waals surface area contributed by atoms with Crippen LogP contribution in [-0.4, -0.2) is 66.0 Å². The molecule has 6 fully saturated rings. The molecule has 0 radical (unpaired) electrons. The van der Waals surface area contributed by atoms with Crippen LogP contribution in [0.5, 0.6) is 0 Å². The van der Waals surface area contributed by atoms with Crippen molar-refractivity contribution in [1.82, 2.24) is 15.1 Å². The summed E-state index contributed by atoms with van der Waals surface area (Å²) >= 11 is 0. The predicted octanol–water partition coefficient (Wildman–Crippen LogP) is 0.932. The number of likely N-dealkylation sites (tertiary alicyclic amines) is 2. The van der Waals surface area contributed by atoms with Gasteiger partial charge in [-0.1, -0.05) is 0 Å². The highest BCUT2D eigenvalue weighted by molar-refractivity contribution is 6.00. The summed E-state index contributed by atoms with van der Waals surface area (Å²) in [5, 5.41) is 2.61. The Labute approximate surface area is 180 Å². The van der Waals surface area contributed by atoms with Crippen molar-refractivity contribution in [2.75, 3.05) is 32.7 Å². The fraction of sp³-hybridized carbons (Fsp3) is 0.652. The number of hydrogen-bond donors (Lipinski definition) is 1. The number of amides is 3. The van der Waals surface area contributed by atoms with Gasteiger partial charge in [0.15, 0.2) is 5.76 Å². The second-order valence-electron chi connectivity index (χ2n) is 10.1. The van der Waals surface area contributed by atoms with Crippen molar-refractivity contribution in [2.24, 2.45) is 35.0 Å². The van der Waals surface area contributed by atoms with Crippen molar-refractivity contribution in [3.63, 3.8) is 0 Å². The molecule has 5 atom stereocenters. The molecular weight excluding hydrogens is 398 g/mol. The van der Waals surface area contributed by atoms with Crippen LogP contribution in [0, 0.1) is 35.0 Å². The van der Waals surface area contributed by atoms with Crippen LogP contribution in [0.1, 0.15) is 36.2 Å². The molecule has 8 heteroatoms. The Kier molecular flexibility index (Phi) is 4.11. The molecule has 8 nitrogen and oxygen atoms in total. The molecule has 1 N–H and O–H groups in total. The summed E-state index contributed by atoms with van der Waals surface area (Å²) in [5.74, 6) is 1.29. The first-order valence-corrected chi connectivity index (χ1v) is 11.4. The molecule has 4 bridgehead atoms. The van der Waals surface area contributed by atoms with E-state index in [1.807, 2.05) is 4.90 Å². The maximum atomic E-state index is 13.2. The number of nitrogens with one attached hydrogen (secondary N) is 1. The van der Waals surface area contributed by atoms with E-state index in [1.54, 1.807) is 17.0 Å². The van der Waals surface area contributed by atoms with Gasteiger partial charge < -0.3 is 19.5 Å². The number of rotatable bonds is 4. The highest BCUT2D eigenvalue weighted by atomic mass is 16.3. The zero-order valence-corrected chi connectivity index (χ0v) is 17.4. The van der Waals surface area contributed by atoms with Crippen molar-refractivity contribution in [3.05, 3.63) is 24.2 Å². The predicted molar refractivity (Wildman–Crippen MR) is 108 cm³/mol. The molecule has 4 aliphatic carbocycles. The number of Topliss-reactive ketones (excluding diaryl/α,β-unsaturated/α-hetero) is 1. The molecule has 3 heterocycles. The first-order chi connectivity index (χ1) is 15.0. The zero-order chi connectivity index (χ0) is 21.3. The number of nitrogens with zero attached hydrogens (tertiary/aromatic N) is 2. The van der Waals surface area contributed by atoms with Crippen molar-refractivity contribution in [1.29, 1.82) is 0 Å². The largest absolute Gasteiger partial charge is 0.459 e. The van der Waals surface area contributed by atoms with E-state index in [1.165, 1.54) is 6.26 Å². The molecule has 7 rings (SSSR count). The summed E-state index contributed by atoms with van der Waals surface area (Å²) in [7, 11) is 0. The van der Waals surface area contributed by atoms with Gasteiger partial charge in [0, 0.05) is 38.0 Å². The minimum atomic E-state index is -0.391. The maximum Gasteiger partial charge on any atom is 0.287 e. The lowest BCUT2D eigenvalue weighted by Gasteiger charge is -2.39. The van der Waals surface area contributed by atoms with Gasteiger partial charge in [-0.05, 0) is 55.1 Å². The van der Waals surface area contributed by atoms with Gasteiger partial charge >= 0.3 is 0 Å². The minimum absolute atomic E-state index is 0.0000864. The molecule has 4 saturated carbocycles. The van der Waals surface area contributed by atoms with E-state index < -0.39 is 5.91 Å². The monoisotopic (exact) mass is 425 g/mol. The molecule has 6 aliphatic rings. The van der Waals surface area contributed by atoms with Crippen molar-refractivity contribution in [2.45, 2.75) is 25.7 Å². The van der Waals surface area contributed by atoms with Gasteiger partial charge in [0.1, 0.15) is 5.78 Å². The first kappa shape index (κ1) is 19.1. The molecule has 164 valence electrons. The number of hydrogen-bond acceptors (Lipinski definition) is 5. The summed E-state index contributed by atoms with van der Waals surface area (Å²) in [6, 6.07) is 3.19. The lowest BCUT2D eigenvalue weighted by molar-refractivity contribution is -0.138. The minimum Gasteiger partial charge on any atom is -0.459 e. The Morgan fingerprint density at radius 3 is 2.45 bits per heavy atom. The molecule has 2 aliphatic heterocycles. The lowest BCUT2D eigenvalue weighted by atomic mass is 9.77. The molecule has 31 heavy (non-hydrogen) atoms. The van der Waals surface area contributed by atoms with Crippen LogP contribution in [0.25, 0.3) is 0 Å². The standard InChI is InChI=1S/C23H27N3O5/c27-16(11-24-21(29)15-2-1-9-31-15)25-6-3-23(4-7-25)5-8-26(12-23)22(30)19-14-10-13-17(19)18(13)20(14)28/h1-2,9,13-14,17-19H,3-8,10-12H2,(H,24,29)/t13-,14+,17+,18-,19-/m1/s1. The molecular formula is C23H27N3O5. The average molecular weight is 425 g/mol. The van der Waals surface area contributed by atoms with Crippen LogP contribution >= 0.6 is 0 Å². The Bertz CT molecular complexity index is 948. The number of piperidine rings is 1. The third-order valence-corrected chi connectivity index (χ3v) is 8.65. The van der Waals surface area contributed by atoms with E-state index in [0.717, 1.165) is 38.8 Å². The molecule has 2 saturated heterocycles. The fourth-order valence-electron chi connectivity index (χ4n) is 6.91. The molecule has 3 amide bonds. The summed E-state index contributed by atoms with van der Waals surface area (Å²) in [5.41, 5.74) is 0.0817. The first-order valence-electron chi connectivity index (χ1n) is 11.4. The van der Waals surface area contributed by atoms with E-state index in [4.69, 9.17) is 4.42 Å². The zero-order valence-electron chi connectivity index (χ0n) is 17.4. The molecule has 0 unspecified atom stereocenters. The van der Waals surface area contributed by atoms with Crippen LogP contribution in [0.15, 0.2) is 22.8 Å². The second-order valence-corrected chi connectivity index (χ2v) is 10.1. The Hall–Kier alpha value is -2.64. The van der Waals surface area contributed by atoms with E-state index >= 15 is 0 Å². The number of carbonyl (C=O) groups excluding carboxylic acids is 4. The van der Waals surface area contributed by atoms with Crippen LogP contribution in [0.2, 0.25) is 0 Å². The summed E-state index contributed by atoms with van der Waals surface area (Å²) in [6.07, 6.45) is 5.08. The van der Waals surface area contributed by atoms with Crippen LogP contribution < -0.4 is 5.32 Å². The normalized spacial score (nSPS) is 34.5. The van der Waals surface area contributed by atoms with Crippen molar-refractivity contribution in [3.8, 4) is 0 Å². The smallest absolute Gasteiger partial charge is 0.287 e.